The summed E-state index contributed by atoms with van der Waals surface area (Å²) >= 11 is 0. The number of aromatic nitrogens is 2. The minimum Gasteiger partial charge on any atom is -0.393 e. The number of nitrogens with zero attached hydrogens (tertiary/aromatic N) is 2. The first-order chi connectivity index (χ1) is 6.29. The van der Waals surface area contributed by atoms with Crippen molar-refractivity contribution in [2.45, 2.75) is 0 Å². The SMILES string of the molecule is Nc1nc(OS(=O)(=O)O)nc(N)c1N. The molecule has 7 N–H and O–H groups in total. The minimum absolute atomic E-state index is 0.0901. The van der Waals surface area contributed by atoms with Crippen molar-refractivity contribution in [3.8, 4) is 6.01 Å². The molecular formula is C4H7N5O4S. The molecule has 0 radical (unpaired) electrons. The van der Waals surface area contributed by atoms with E-state index in [-0.39, 0.29) is 17.3 Å². The van der Waals surface area contributed by atoms with E-state index < -0.39 is 16.4 Å². The molecule has 10 heteroatoms. The van der Waals surface area contributed by atoms with E-state index >= 15 is 0 Å². The molecule has 0 fully saturated rings. The summed E-state index contributed by atoms with van der Waals surface area (Å²) in [5.74, 6) is -0.479. The van der Waals surface area contributed by atoms with Gasteiger partial charge in [0.1, 0.15) is 5.69 Å². The van der Waals surface area contributed by atoms with Crippen LogP contribution in [0.5, 0.6) is 6.01 Å². The maximum absolute atomic E-state index is 10.2. The van der Waals surface area contributed by atoms with E-state index in [0.29, 0.717) is 0 Å². The van der Waals surface area contributed by atoms with E-state index in [1.807, 2.05) is 0 Å². The Balaban J connectivity index is 3.14. The average molecular weight is 221 g/mol. The van der Waals surface area contributed by atoms with Crippen molar-refractivity contribution in [2.24, 2.45) is 0 Å². The van der Waals surface area contributed by atoms with Gasteiger partial charge < -0.3 is 21.4 Å². The molecule has 0 saturated carbocycles. The third-order valence-corrected chi connectivity index (χ3v) is 1.52. The predicted molar refractivity (Wildman–Crippen MR) is 47.4 cm³/mol. The largest absolute Gasteiger partial charge is 0.449 e. The molecule has 1 rings (SSSR count). The summed E-state index contributed by atoms with van der Waals surface area (Å²) in [5.41, 5.74) is 15.6. The highest BCUT2D eigenvalue weighted by Crippen LogP contribution is 2.21. The van der Waals surface area contributed by atoms with Gasteiger partial charge in [-0.2, -0.15) is 18.4 Å². The van der Waals surface area contributed by atoms with E-state index in [1.54, 1.807) is 0 Å². The lowest BCUT2D eigenvalue weighted by Crippen LogP contribution is -2.12. The number of hydrogen-bond donors (Lipinski definition) is 4. The smallest absolute Gasteiger partial charge is 0.393 e. The van der Waals surface area contributed by atoms with Crippen molar-refractivity contribution >= 4 is 27.7 Å². The fourth-order valence-corrected chi connectivity index (χ4v) is 0.877. The lowest BCUT2D eigenvalue weighted by molar-refractivity contribution is 0.375. The minimum atomic E-state index is -4.70. The van der Waals surface area contributed by atoms with Gasteiger partial charge in [-0.05, 0) is 0 Å². The molecule has 0 spiro atoms. The molecule has 0 aliphatic rings. The van der Waals surface area contributed by atoms with Gasteiger partial charge in [0.15, 0.2) is 11.6 Å². The molecule has 0 aromatic carbocycles. The van der Waals surface area contributed by atoms with E-state index in [4.69, 9.17) is 21.8 Å². The van der Waals surface area contributed by atoms with E-state index in [2.05, 4.69) is 14.2 Å². The molecule has 14 heavy (non-hydrogen) atoms. The van der Waals surface area contributed by atoms with E-state index in [9.17, 15) is 8.42 Å². The zero-order valence-corrected chi connectivity index (χ0v) is 7.52. The predicted octanol–water partition coefficient (Wildman–Crippen LogP) is -1.60. The van der Waals surface area contributed by atoms with Crippen molar-refractivity contribution in [3.63, 3.8) is 0 Å². The Bertz CT molecular complexity index is 434. The summed E-state index contributed by atoms with van der Waals surface area (Å²) < 4.78 is 32.7. The fourth-order valence-electron chi connectivity index (χ4n) is 0.614. The van der Waals surface area contributed by atoms with Gasteiger partial charge in [-0.15, -0.1) is 0 Å². The van der Waals surface area contributed by atoms with Crippen LogP contribution in [0.15, 0.2) is 0 Å². The highest BCUT2D eigenvalue weighted by molar-refractivity contribution is 7.81. The zero-order chi connectivity index (χ0) is 10.9. The standard InChI is InChI=1S/C4H7N5O4S/c5-1-2(6)8-4(9-3(1)7)13-14(10,11)12/h5H2,(H,10,11,12)(H4,6,7,8,9). The first kappa shape index (κ1) is 10.3. The summed E-state index contributed by atoms with van der Waals surface area (Å²) in [5, 5.41) is 0. The summed E-state index contributed by atoms with van der Waals surface area (Å²) in [6.45, 7) is 0. The first-order valence-electron chi connectivity index (χ1n) is 3.15. The Labute approximate surface area is 78.8 Å². The Morgan fingerprint density at radius 3 is 1.93 bits per heavy atom. The first-order valence-corrected chi connectivity index (χ1v) is 4.51. The monoisotopic (exact) mass is 221 g/mol. The maximum Gasteiger partial charge on any atom is 0.449 e. The van der Waals surface area contributed by atoms with Gasteiger partial charge in [-0.1, -0.05) is 0 Å². The molecule has 0 amide bonds. The molecule has 0 aliphatic carbocycles. The topological polar surface area (TPSA) is 167 Å². The van der Waals surface area contributed by atoms with Crippen molar-refractivity contribution in [1.82, 2.24) is 9.97 Å². The molecular weight excluding hydrogens is 214 g/mol. The van der Waals surface area contributed by atoms with Gasteiger partial charge in [0.25, 0.3) is 0 Å². The van der Waals surface area contributed by atoms with Crippen LogP contribution in [-0.2, 0) is 10.4 Å². The van der Waals surface area contributed by atoms with Gasteiger partial charge in [-0.3, -0.25) is 4.55 Å². The molecule has 1 aromatic heterocycles. The highest BCUT2D eigenvalue weighted by atomic mass is 32.3. The van der Waals surface area contributed by atoms with Gasteiger partial charge >= 0.3 is 16.4 Å². The molecule has 1 heterocycles. The van der Waals surface area contributed by atoms with Crippen molar-refractivity contribution in [3.05, 3.63) is 0 Å². The van der Waals surface area contributed by atoms with Crippen molar-refractivity contribution in [1.29, 1.82) is 0 Å². The quantitative estimate of drug-likeness (QED) is 0.430. The van der Waals surface area contributed by atoms with Crippen LogP contribution in [0.3, 0.4) is 0 Å². The van der Waals surface area contributed by atoms with Crippen LogP contribution in [0.2, 0.25) is 0 Å². The molecule has 0 saturated heterocycles. The molecule has 9 nitrogen and oxygen atoms in total. The summed E-state index contributed by atoms with van der Waals surface area (Å²) in [7, 11) is -4.70. The second-order valence-electron chi connectivity index (χ2n) is 2.20. The lowest BCUT2D eigenvalue weighted by atomic mass is 10.4. The normalized spacial score (nSPS) is 11.2. The van der Waals surface area contributed by atoms with Gasteiger partial charge in [0.05, 0.1) is 0 Å². The fraction of sp³-hybridized carbons (Fsp3) is 0. The number of nitrogen functional groups attached to an aromatic ring is 3. The van der Waals surface area contributed by atoms with Crippen LogP contribution in [0.25, 0.3) is 0 Å². The Hall–Kier alpha value is -1.81. The third kappa shape index (κ3) is 2.34. The highest BCUT2D eigenvalue weighted by Gasteiger charge is 2.13. The number of anilines is 3. The number of rotatable bonds is 2. The molecule has 0 aliphatic heterocycles. The van der Waals surface area contributed by atoms with Gasteiger partial charge in [-0.25, -0.2) is 0 Å². The Kier molecular flexibility index (Phi) is 2.32. The lowest BCUT2D eigenvalue weighted by Gasteiger charge is -2.04. The Morgan fingerprint density at radius 2 is 1.57 bits per heavy atom. The van der Waals surface area contributed by atoms with Gasteiger partial charge in [0.2, 0.25) is 0 Å². The van der Waals surface area contributed by atoms with E-state index in [1.165, 1.54) is 0 Å². The summed E-state index contributed by atoms with van der Waals surface area (Å²) in [4.78, 5) is 6.64. The van der Waals surface area contributed by atoms with Gasteiger partial charge in [0, 0.05) is 0 Å². The third-order valence-electron chi connectivity index (χ3n) is 1.16. The second kappa shape index (κ2) is 3.16. The second-order valence-corrected chi connectivity index (χ2v) is 3.22. The van der Waals surface area contributed by atoms with Crippen molar-refractivity contribution in [2.75, 3.05) is 17.2 Å². The zero-order valence-electron chi connectivity index (χ0n) is 6.71. The van der Waals surface area contributed by atoms with Crippen LogP contribution in [0, 0.1) is 0 Å². The molecule has 1 aromatic rings. The van der Waals surface area contributed by atoms with Crippen LogP contribution in [0.4, 0.5) is 17.3 Å². The number of hydrogen-bond acceptors (Lipinski definition) is 8. The summed E-state index contributed by atoms with van der Waals surface area (Å²) in [6, 6.07) is -0.698. The molecule has 0 unspecified atom stereocenters. The van der Waals surface area contributed by atoms with Crippen LogP contribution < -0.4 is 21.4 Å². The molecule has 0 bridgehead atoms. The number of nitrogens with two attached hydrogens (primary N) is 3. The summed E-state index contributed by atoms with van der Waals surface area (Å²) in [6.07, 6.45) is 0. The van der Waals surface area contributed by atoms with Crippen molar-refractivity contribution < 1.29 is 17.2 Å². The average Bonchev–Trinajstić information content (AvgIpc) is 1.96. The van der Waals surface area contributed by atoms with Crippen LogP contribution in [-0.4, -0.2) is 22.9 Å². The Morgan fingerprint density at radius 1 is 1.14 bits per heavy atom. The molecule has 78 valence electrons. The van der Waals surface area contributed by atoms with Crippen LogP contribution >= 0.6 is 0 Å². The van der Waals surface area contributed by atoms with Crippen LogP contribution in [0.1, 0.15) is 0 Å². The molecule has 0 atom stereocenters. The van der Waals surface area contributed by atoms with E-state index in [0.717, 1.165) is 0 Å². The maximum atomic E-state index is 10.2.